The highest BCUT2D eigenvalue weighted by molar-refractivity contribution is 6.15. The van der Waals surface area contributed by atoms with E-state index in [1.54, 1.807) is 32.1 Å². The molecule has 1 N–H and O–H groups in total. The summed E-state index contributed by atoms with van der Waals surface area (Å²) < 4.78 is 0. The third-order valence-corrected chi connectivity index (χ3v) is 5.81. The minimum absolute atomic E-state index is 0.00898. The van der Waals surface area contributed by atoms with Gasteiger partial charge in [0.2, 0.25) is 0 Å². The zero-order valence-corrected chi connectivity index (χ0v) is 14.3. The van der Waals surface area contributed by atoms with E-state index in [4.69, 9.17) is 0 Å². The average Bonchev–Trinajstić information content (AvgIpc) is 2.58. The van der Waals surface area contributed by atoms with Crippen molar-refractivity contribution in [2.45, 2.75) is 33.1 Å². The van der Waals surface area contributed by atoms with E-state index in [9.17, 15) is 14.7 Å². The van der Waals surface area contributed by atoms with Crippen molar-refractivity contribution >= 4 is 11.6 Å². The van der Waals surface area contributed by atoms with E-state index < -0.39 is 11.3 Å². The predicted molar refractivity (Wildman–Crippen MR) is 93.7 cm³/mol. The average molecular weight is 322 g/mol. The lowest BCUT2D eigenvalue weighted by molar-refractivity contribution is -0.138. The molecule has 1 aromatic rings. The third-order valence-electron chi connectivity index (χ3n) is 5.81. The number of carbonyl (C=O) groups is 2. The van der Waals surface area contributed by atoms with Crippen molar-refractivity contribution in [3.8, 4) is 5.75 Å². The summed E-state index contributed by atoms with van der Waals surface area (Å²) in [6, 6.07) is 7.03. The topological polar surface area (TPSA) is 54.4 Å². The van der Waals surface area contributed by atoms with E-state index in [0.29, 0.717) is 23.1 Å². The molecule has 24 heavy (non-hydrogen) atoms. The number of hydrogen-bond donors (Lipinski definition) is 1. The Morgan fingerprint density at radius 1 is 1.21 bits per heavy atom. The summed E-state index contributed by atoms with van der Waals surface area (Å²) in [5.41, 5.74) is 1.75. The Morgan fingerprint density at radius 3 is 2.50 bits per heavy atom. The van der Waals surface area contributed by atoms with Gasteiger partial charge in [0.25, 0.3) is 0 Å². The van der Waals surface area contributed by atoms with Gasteiger partial charge in [-0.2, -0.15) is 0 Å². The van der Waals surface area contributed by atoms with Crippen LogP contribution < -0.4 is 0 Å². The summed E-state index contributed by atoms with van der Waals surface area (Å²) in [5, 5.41) is 10.4. The molecule has 3 heteroatoms. The van der Waals surface area contributed by atoms with Crippen LogP contribution in [0, 0.1) is 11.3 Å². The van der Waals surface area contributed by atoms with Crippen molar-refractivity contribution in [2.75, 3.05) is 0 Å². The highest BCUT2D eigenvalue weighted by Gasteiger charge is 2.56. The zero-order chi connectivity index (χ0) is 17.6. The normalized spacial score (nSPS) is 30.0. The van der Waals surface area contributed by atoms with Gasteiger partial charge in [-0.25, -0.2) is 0 Å². The van der Waals surface area contributed by atoms with E-state index in [2.05, 4.69) is 6.58 Å². The lowest BCUT2D eigenvalue weighted by atomic mass is 9.52. The lowest BCUT2D eigenvalue weighted by Crippen LogP contribution is -2.50. The number of hydrogen-bond acceptors (Lipinski definition) is 3. The maximum absolute atomic E-state index is 13.2. The molecular weight excluding hydrogens is 300 g/mol. The zero-order valence-electron chi connectivity index (χ0n) is 14.3. The summed E-state index contributed by atoms with van der Waals surface area (Å²) in [4.78, 5) is 26.1. The second-order valence-electron chi connectivity index (χ2n) is 6.91. The van der Waals surface area contributed by atoms with Crippen LogP contribution in [0.15, 0.2) is 59.7 Å². The Morgan fingerprint density at radius 2 is 1.88 bits per heavy atom. The van der Waals surface area contributed by atoms with Crippen LogP contribution in [0.2, 0.25) is 0 Å². The van der Waals surface area contributed by atoms with Gasteiger partial charge in [0.15, 0.2) is 11.6 Å². The maximum atomic E-state index is 13.2. The van der Waals surface area contributed by atoms with E-state index in [-0.39, 0.29) is 23.2 Å². The van der Waals surface area contributed by atoms with Gasteiger partial charge >= 0.3 is 0 Å². The number of phenols is 1. The molecule has 0 aliphatic heterocycles. The SMILES string of the molecule is C=CC1=CCC2C(=O)C(C)=C(C)C(=O)C2(C)C1c1ccccc1O. The van der Waals surface area contributed by atoms with Gasteiger partial charge in [0.1, 0.15) is 5.75 Å². The summed E-state index contributed by atoms with van der Waals surface area (Å²) in [6.45, 7) is 9.20. The van der Waals surface area contributed by atoms with Gasteiger partial charge in [0.05, 0.1) is 5.41 Å². The molecule has 2 aliphatic rings. The van der Waals surface area contributed by atoms with E-state index in [1.165, 1.54) is 0 Å². The number of carbonyl (C=O) groups excluding carboxylic acids is 2. The van der Waals surface area contributed by atoms with Crippen LogP contribution in [0.1, 0.15) is 38.7 Å². The Labute approximate surface area is 142 Å². The van der Waals surface area contributed by atoms with Gasteiger partial charge in [-0.15, -0.1) is 0 Å². The summed E-state index contributed by atoms with van der Waals surface area (Å²) >= 11 is 0. The van der Waals surface area contributed by atoms with Gasteiger partial charge < -0.3 is 5.11 Å². The van der Waals surface area contributed by atoms with E-state index >= 15 is 0 Å². The van der Waals surface area contributed by atoms with Crippen molar-refractivity contribution in [1.29, 1.82) is 0 Å². The molecule has 0 fully saturated rings. The van der Waals surface area contributed by atoms with Gasteiger partial charge in [-0.05, 0) is 43.1 Å². The van der Waals surface area contributed by atoms with Crippen molar-refractivity contribution in [1.82, 2.24) is 0 Å². The van der Waals surface area contributed by atoms with Crippen molar-refractivity contribution in [2.24, 2.45) is 11.3 Å². The molecule has 3 rings (SSSR count). The number of rotatable bonds is 2. The van der Waals surface area contributed by atoms with Gasteiger partial charge in [-0.3, -0.25) is 9.59 Å². The van der Waals surface area contributed by atoms with Crippen LogP contribution in [0.5, 0.6) is 5.75 Å². The molecule has 3 nitrogen and oxygen atoms in total. The lowest BCUT2D eigenvalue weighted by Gasteiger charge is -2.48. The molecule has 0 saturated carbocycles. The Bertz CT molecular complexity index is 812. The Hall–Kier alpha value is -2.42. The third kappa shape index (κ3) is 2.04. The maximum Gasteiger partial charge on any atom is 0.166 e. The Kier molecular flexibility index (Phi) is 3.83. The highest BCUT2D eigenvalue weighted by atomic mass is 16.3. The first-order chi connectivity index (χ1) is 11.3. The van der Waals surface area contributed by atoms with Crippen LogP contribution in [-0.2, 0) is 9.59 Å². The van der Waals surface area contributed by atoms with Crippen LogP contribution in [0.3, 0.4) is 0 Å². The quantitative estimate of drug-likeness (QED) is 0.892. The predicted octanol–water partition coefficient (Wildman–Crippen LogP) is 4.10. The van der Waals surface area contributed by atoms with E-state index in [0.717, 1.165) is 5.57 Å². The molecule has 2 aliphatic carbocycles. The number of para-hydroxylation sites is 1. The summed E-state index contributed by atoms with van der Waals surface area (Å²) in [6.07, 6.45) is 4.24. The highest BCUT2D eigenvalue weighted by Crippen LogP contribution is 2.56. The summed E-state index contributed by atoms with van der Waals surface area (Å²) in [7, 11) is 0. The first-order valence-corrected chi connectivity index (χ1v) is 8.20. The second-order valence-corrected chi connectivity index (χ2v) is 6.91. The molecular formula is C21H22O3. The van der Waals surface area contributed by atoms with Gasteiger partial charge in [0, 0.05) is 17.4 Å². The second kappa shape index (κ2) is 5.59. The first kappa shape index (κ1) is 16.4. The fourth-order valence-corrected chi connectivity index (χ4v) is 4.29. The molecule has 124 valence electrons. The molecule has 0 saturated heterocycles. The van der Waals surface area contributed by atoms with Crippen molar-refractivity contribution < 1.29 is 14.7 Å². The number of phenolic OH excluding ortho intramolecular Hbond substituents is 1. The van der Waals surface area contributed by atoms with Crippen LogP contribution in [0.25, 0.3) is 0 Å². The molecule has 3 atom stereocenters. The number of aromatic hydroxyl groups is 1. The smallest absolute Gasteiger partial charge is 0.166 e. The van der Waals surface area contributed by atoms with Gasteiger partial charge in [-0.1, -0.05) is 43.9 Å². The standard InChI is InChI=1S/C21H22O3/c1-5-14-10-11-16-19(23)12(2)13(3)20(24)21(16,4)18(14)15-8-6-7-9-17(15)22/h5-10,16,18,22H,1,11H2,2-4H3. The minimum atomic E-state index is -0.905. The Balaban J connectivity index is 2.29. The number of Topliss-reactive ketones (excluding diaryl/α,β-unsaturated/α-hetero) is 2. The molecule has 0 spiro atoms. The van der Waals surface area contributed by atoms with Crippen LogP contribution >= 0.6 is 0 Å². The number of allylic oxidation sites excluding steroid dienone is 5. The molecule has 0 aromatic heterocycles. The monoisotopic (exact) mass is 322 g/mol. The largest absolute Gasteiger partial charge is 0.508 e. The van der Waals surface area contributed by atoms with Crippen molar-refractivity contribution in [3.63, 3.8) is 0 Å². The number of ketones is 2. The first-order valence-electron chi connectivity index (χ1n) is 8.20. The summed E-state index contributed by atoms with van der Waals surface area (Å²) in [5.74, 6) is -0.613. The molecule has 0 heterocycles. The molecule has 0 bridgehead atoms. The number of fused-ring (bicyclic) bond motifs is 1. The molecule has 3 unspecified atom stereocenters. The van der Waals surface area contributed by atoms with Crippen LogP contribution in [-0.4, -0.2) is 16.7 Å². The molecule has 0 amide bonds. The number of benzene rings is 1. The molecule has 0 radical (unpaired) electrons. The van der Waals surface area contributed by atoms with E-state index in [1.807, 2.05) is 25.1 Å². The minimum Gasteiger partial charge on any atom is -0.508 e. The fourth-order valence-electron chi connectivity index (χ4n) is 4.29. The van der Waals surface area contributed by atoms with Crippen molar-refractivity contribution in [3.05, 3.63) is 65.3 Å². The fraction of sp³-hybridized carbons (Fsp3) is 0.333. The van der Waals surface area contributed by atoms with Crippen LogP contribution in [0.4, 0.5) is 0 Å². The molecule has 1 aromatic carbocycles.